The number of rotatable bonds is 1. The highest BCUT2D eigenvalue weighted by Gasteiger charge is 2.32. The molecule has 2 rings (SSSR count). The van der Waals surface area contributed by atoms with E-state index >= 15 is 0 Å². The zero-order valence-corrected chi connectivity index (χ0v) is 7.56. The lowest BCUT2D eigenvalue weighted by atomic mass is 9.89. The zero-order valence-electron chi connectivity index (χ0n) is 7.56. The number of hydrogen-bond acceptors (Lipinski definition) is 1. The molecular formula is C10H18FN. The molecule has 2 atom stereocenters. The maximum absolute atomic E-state index is 13.4. The molecule has 1 aliphatic heterocycles. The van der Waals surface area contributed by atoms with Gasteiger partial charge in [0, 0.05) is 6.04 Å². The lowest BCUT2D eigenvalue weighted by molar-refractivity contribution is 0.154. The van der Waals surface area contributed by atoms with Crippen LogP contribution < -0.4 is 5.32 Å². The largest absolute Gasteiger partial charge is 0.311 e. The highest BCUT2D eigenvalue weighted by atomic mass is 19.1. The van der Waals surface area contributed by atoms with Crippen molar-refractivity contribution in [2.24, 2.45) is 5.92 Å². The van der Waals surface area contributed by atoms with Gasteiger partial charge < -0.3 is 5.32 Å². The zero-order chi connectivity index (χ0) is 8.39. The number of hydrogen-bond donors (Lipinski definition) is 1. The second-order valence-corrected chi connectivity index (χ2v) is 4.18. The molecule has 0 radical (unpaired) electrons. The van der Waals surface area contributed by atoms with Crippen LogP contribution in [0.2, 0.25) is 0 Å². The first kappa shape index (κ1) is 8.49. The monoisotopic (exact) mass is 171 g/mol. The maximum atomic E-state index is 13.4. The predicted molar refractivity (Wildman–Crippen MR) is 47.9 cm³/mol. The molecule has 0 aromatic carbocycles. The summed E-state index contributed by atoms with van der Waals surface area (Å²) >= 11 is 0. The van der Waals surface area contributed by atoms with Crippen molar-refractivity contribution < 1.29 is 4.39 Å². The van der Waals surface area contributed by atoms with Gasteiger partial charge in [-0.3, -0.25) is 0 Å². The van der Waals surface area contributed by atoms with Gasteiger partial charge in [-0.2, -0.15) is 0 Å². The van der Waals surface area contributed by atoms with Crippen LogP contribution in [0.1, 0.15) is 38.5 Å². The highest BCUT2D eigenvalue weighted by Crippen LogP contribution is 2.32. The van der Waals surface area contributed by atoms with Crippen LogP contribution in [0, 0.1) is 5.92 Å². The van der Waals surface area contributed by atoms with E-state index in [1.165, 1.54) is 25.7 Å². The standard InChI is InChI=1S/C10H18FN/c11-9-6-3-7-12-10(9)8-4-1-2-5-8/h8-10,12H,1-7H2. The van der Waals surface area contributed by atoms with E-state index in [0.717, 1.165) is 19.4 Å². The van der Waals surface area contributed by atoms with Crippen LogP contribution in [0.25, 0.3) is 0 Å². The lowest BCUT2D eigenvalue weighted by Gasteiger charge is -2.31. The second kappa shape index (κ2) is 3.73. The third-order valence-corrected chi connectivity index (χ3v) is 3.33. The molecule has 1 saturated heterocycles. The van der Waals surface area contributed by atoms with E-state index in [-0.39, 0.29) is 6.04 Å². The Balaban J connectivity index is 1.91. The molecular weight excluding hydrogens is 153 g/mol. The van der Waals surface area contributed by atoms with Gasteiger partial charge in [0.05, 0.1) is 0 Å². The molecule has 2 aliphatic rings. The van der Waals surface area contributed by atoms with Crippen LogP contribution in [-0.2, 0) is 0 Å². The summed E-state index contributed by atoms with van der Waals surface area (Å²) in [4.78, 5) is 0. The normalized spacial score (nSPS) is 38.8. The van der Waals surface area contributed by atoms with Crippen molar-refractivity contribution in [1.82, 2.24) is 5.32 Å². The summed E-state index contributed by atoms with van der Waals surface area (Å²) in [5.41, 5.74) is 0. The third-order valence-electron chi connectivity index (χ3n) is 3.33. The van der Waals surface area contributed by atoms with E-state index in [1.54, 1.807) is 0 Å². The molecule has 12 heavy (non-hydrogen) atoms. The van der Waals surface area contributed by atoms with Crippen LogP contribution in [0.15, 0.2) is 0 Å². The van der Waals surface area contributed by atoms with Gasteiger partial charge in [-0.25, -0.2) is 4.39 Å². The van der Waals surface area contributed by atoms with Gasteiger partial charge in [-0.05, 0) is 38.1 Å². The Morgan fingerprint density at radius 2 is 1.75 bits per heavy atom. The topological polar surface area (TPSA) is 12.0 Å². The molecule has 1 heterocycles. The Bertz CT molecular complexity index is 143. The first-order chi connectivity index (χ1) is 5.88. The molecule has 2 unspecified atom stereocenters. The third kappa shape index (κ3) is 1.63. The summed E-state index contributed by atoms with van der Waals surface area (Å²) in [7, 11) is 0. The van der Waals surface area contributed by atoms with E-state index in [1.807, 2.05) is 0 Å². The summed E-state index contributed by atoms with van der Waals surface area (Å²) in [6.07, 6.45) is 6.36. The van der Waals surface area contributed by atoms with Gasteiger partial charge in [0.15, 0.2) is 0 Å². The van der Waals surface area contributed by atoms with Crippen LogP contribution in [0.5, 0.6) is 0 Å². The van der Waals surface area contributed by atoms with Gasteiger partial charge in [-0.1, -0.05) is 12.8 Å². The van der Waals surface area contributed by atoms with Gasteiger partial charge in [0.1, 0.15) is 6.17 Å². The van der Waals surface area contributed by atoms with Crippen LogP contribution in [-0.4, -0.2) is 18.8 Å². The Morgan fingerprint density at radius 1 is 1.00 bits per heavy atom. The van der Waals surface area contributed by atoms with Crippen molar-refractivity contribution in [2.75, 3.05) is 6.54 Å². The molecule has 1 nitrogen and oxygen atoms in total. The molecule has 0 aromatic rings. The summed E-state index contributed by atoms with van der Waals surface area (Å²) < 4.78 is 13.4. The number of piperidine rings is 1. The van der Waals surface area contributed by atoms with Crippen LogP contribution >= 0.6 is 0 Å². The molecule has 1 saturated carbocycles. The number of halogens is 1. The van der Waals surface area contributed by atoms with Crippen LogP contribution in [0.4, 0.5) is 4.39 Å². The van der Waals surface area contributed by atoms with E-state index in [4.69, 9.17) is 0 Å². The minimum atomic E-state index is -0.568. The van der Waals surface area contributed by atoms with E-state index in [9.17, 15) is 4.39 Å². The van der Waals surface area contributed by atoms with Crippen LogP contribution in [0.3, 0.4) is 0 Å². The Hall–Kier alpha value is -0.110. The van der Waals surface area contributed by atoms with Crippen molar-refractivity contribution in [2.45, 2.75) is 50.7 Å². The van der Waals surface area contributed by atoms with Gasteiger partial charge in [0.25, 0.3) is 0 Å². The van der Waals surface area contributed by atoms with Gasteiger partial charge in [-0.15, -0.1) is 0 Å². The predicted octanol–water partition coefficient (Wildman–Crippen LogP) is 2.27. The highest BCUT2D eigenvalue weighted by molar-refractivity contribution is 4.88. The minimum absolute atomic E-state index is 0.196. The van der Waals surface area contributed by atoms with E-state index < -0.39 is 6.17 Å². The molecule has 0 aromatic heterocycles. The fourth-order valence-corrected chi connectivity index (χ4v) is 2.65. The smallest absolute Gasteiger partial charge is 0.116 e. The summed E-state index contributed by atoms with van der Waals surface area (Å²) in [6, 6.07) is 0.196. The van der Waals surface area contributed by atoms with Crippen molar-refractivity contribution in [1.29, 1.82) is 0 Å². The molecule has 2 heteroatoms. The number of alkyl halides is 1. The average Bonchev–Trinajstić information content (AvgIpc) is 2.57. The summed E-state index contributed by atoms with van der Waals surface area (Å²) in [5.74, 6) is 0.639. The van der Waals surface area contributed by atoms with Crippen molar-refractivity contribution in [3.8, 4) is 0 Å². The quantitative estimate of drug-likeness (QED) is 0.638. The second-order valence-electron chi connectivity index (χ2n) is 4.18. The fraction of sp³-hybridized carbons (Fsp3) is 1.00. The molecule has 0 amide bonds. The fourth-order valence-electron chi connectivity index (χ4n) is 2.65. The molecule has 2 fully saturated rings. The van der Waals surface area contributed by atoms with E-state index in [2.05, 4.69) is 5.32 Å². The van der Waals surface area contributed by atoms with Gasteiger partial charge in [0.2, 0.25) is 0 Å². The SMILES string of the molecule is FC1CCCNC1C1CCCC1. The molecule has 0 spiro atoms. The van der Waals surface area contributed by atoms with E-state index in [0.29, 0.717) is 5.92 Å². The van der Waals surface area contributed by atoms with Crippen molar-refractivity contribution in [3.05, 3.63) is 0 Å². The average molecular weight is 171 g/mol. The molecule has 1 N–H and O–H groups in total. The molecule has 70 valence electrons. The molecule has 0 bridgehead atoms. The van der Waals surface area contributed by atoms with Crippen molar-refractivity contribution in [3.63, 3.8) is 0 Å². The minimum Gasteiger partial charge on any atom is -0.311 e. The first-order valence-electron chi connectivity index (χ1n) is 5.25. The Labute approximate surface area is 73.7 Å². The summed E-state index contributed by atoms with van der Waals surface area (Å²) in [6.45, 7) is 1.03. The maximum Gasteiger partial charge on any atom is 0.116 e. The van der Waals surface area contributed by atoms with Gasteiger partial charge >= 0.3 is 0 Å². The molecule has 1 aliphatic carbocycles. The number of nitrogens with one attached hydrogen (secondary N) is 1. The Morgan fingerprint density at radius 3 is 2.42 bits per heavy atom. The Kier molecular flexibility index (Phi) is 2.64. The lowest BCUT2D eigenvalue weighted by Crippen LogP contribution is -2.46. The van der Waals surface area contributed by atoms with Crippen molar-refractivity contribution >= 4 is 0 Å². The summed E-state index contributed by atoms with van der Waals surface area (Å²) in [5, 5.41) is 3.34. The first-order valence-corrected chi connectivity index (χ1v) is 5.25.